The van der Waals surface area contributed by atoms with Gasteiger partial charge in [0.15, 0.2) is 0 Å². The molecular weight excluding hydrogens is 416 g/mol. The van der Waals surface area contributed by atoms with Crippen LogP contribution in [0.5, 0.6) is 11.5 Å². The first-order valence-corrected chi connectivity index (χ1v) is 11.0. The maximum Gasteiger partial charge on any atom is 0.261 e. The molecule has 3 aromatic rings. The lowest BCUT2D eigenvalue weighted by Gasteiger charge is -2.14. The van der Waals surface area contributed by atoms with Crippen LogP contribution in [0.4, 0.5) is 11.4 Å². The van der Waals surface area contributed by atoms with Gasteiger partial charge < -0.3 is 14.8 Å². The van der Waals surface area contributed by atoms with E-state index >= 15 is 0 Å². The van der Waals surface area contributed by atoms with Crippen molar-refractivity contribution in [1.82, 2.24) is 0 Å². The molecule has 0 aliphatic rings. The number of amides is 1. The molecule has 0 saturated carbocycles. The van der Waals surface area contributed by atoms with Gasteiger partial charge in [-0.2, -0.15) is 0 Å². The summed E-state index contributed by atoms with van der Waals surface area (Å²) in [5.74, 6) is 0.687. The van der Waals surface area contributed by atoms with Gasteiger partial charge in [-0.3, -0.25) is 9.52 Å². The number of nitrogens with one attached hydrogen (secondary N) is 2. The molecule has 162 valence electrons. The Bertz CT molecular complexity index is 1180. The summed E-state index contributed by atoms with van der Waals surface area (Å²) >= 11 is 0. The second-order valence-electron chi connectivity index (χ2n) is 6.91. The summed E-state index contributed by atoms with van der Waals surface area (Å²) in [5, 5.41) is 2.79. The number of aryl methyl sites for hydroxylation is 1. The molecule has 0 fully saturated rings. The van der Waals surface area contributed by atoms with Crippen LogP contribution >= 0.6 is 0 Å². The Kier molecular flexibility index (Phi) is 6.50. The van der Waals surface area contributed by atoms with E-state index in [0.29, 0.717) is 28.4 Å². The maximum absolute atomic E-state index is 12.8. The minimum absolute atomic E-state index is 0.155. The van der Waals surface area contributed by atoms with Crippen LogP contribution in [-0.2, 0) is 10.0 Å². The van der Waals surface area contributed by atoms with Crippen LogP contribution in [0.2, 0.25) is 0 Å². The molecule has 1 amide bonds. The summed E-state index contributed by atoms with van der Waals surface area (Å²) in [6.07, 6.45) is 0. The molecular formula is C23H24N2O5S. The lowest BCUT2D eigenvalue weighted by molar-refractivity contribution is 0.102. The number of anilines is 2. The highest BCUT2D eigenvalue weighted by molar-refractivity contribution is 7.92. The monoisotopic (exact) mass is 440 g/mol. The third-order valence-electron chi connectivity index (χ3n) is 4.81. The SMILES string of the molecule is COc1cc(C(=O)Nc2ccc(C)c(NS(=O)(=O)c3ccccc3)c2)cc(OC)c1C. The van der Waals surface area contributed by atoms with Gasteiger partial charge in [-0.05, 0) is 55.8 Å². The van der Waals surface area contributed by atoms with Crippen molar-refractivity contribution in [2.45, 2.75) is 18.7 Å². The van der Waals surface area contributed by atoms with Crippen LogP contribution in [0, 0.1) is 13.8 Å². The number of hydrogen-bond donors (Lipinski definition) is 2. The summed E-state index contributed by atoms with van der Waals surface area (Å²) in [5.41, 5.74) is 2.68. The van der Waals surface area contributed by atoms with E-state index in [4.69, 9.17) is 9.47 Å². The van der Waals surface area contributed by atoms with E-state index in [1.54, 1.807) is 55.5 Å². The molecule has 3 rings (SSSR count). The third kappa shape index (κ3) is 4.97. The molecule has 31 heavy (non-hydrogen) atoms. The number of sulfonamides is 1. The molecule has 7 nitrogen and oxygen atoms in total. The number of methoxy groups -OCH3 is 2. The molecule has 0 aliphatic heterocycles. The predicted molar refractivity (Wildman–Crippen MR) is 121 cm³/mol. The Morgan fingerprint density at radius 1 is 0.871 bits per heavy atom. The minimum Gasteiger partial charge on any atom is -0.496 e. The van der Waals surface area contributed by atoms with Crippen molar-refractivity contribution in [3.8, 4) is 11.5 Å². The van der Waals surface area contributed by atoms with Gasteiger partial charge in [-0.1, -0.05) is 24.3 Å². The Morgan fingerprint density at radius 2 is 1.48 bits per heavy atom. The second-order valence-corrected chi connectivity index (χ2v) is 8.59. The quantitative estimate of drug-likeness (QED) is 0.569. The molecule has 0 bridgehead atoms. The topological polar surface area (TPSA) is 93.7 Å². The van der Waals surface area contributed by atoms with Crippen molar-refractivity contribution in [3.05, 3.63) is 77.4 Å². The van der Waals surface area contributed by atoms with Gasteiger partial charge in [0, 0.05) is 16.8 Å². The van der Waals surface area contributed by atoms with E-state index in [0.717, 1.165) is 11.1 Å². The van der Waals surface area contributed by atoms with Crippen molar-refractivity contribution in [1.29, 1.82) is 0 Å². The van der Waals surface area contributed by atoms with Gasteiger partial charge in [0.25, 0.3) is 15.9 Å². The summed E-state index contributed by atoms with van der Waals surface area (Å²) in [7, 11) is -0.707. The zero-order chi connectivity index (χ0) is 22.6. The van der Waals surface area contributed by atoms with Crippen LogP contribution in [-0.4, -0.2) is 28.5 Å². The van der Waals surface area contributed by atoms with Gasteiger partial charge >= 0.3 is 0 Å². The van der Waals surface area contributed by atoms with Crippen molar-refractivity contribution < 1.29 is 22.7 Å². The van der Waals surface area contributed by atoms with Gasteiger partial charge in [0.1, 0.15) is 11.5 Å². The Hall–Kier alpha value is -3.52. The highest BCUT2D eigenvalue weighted by Crippen LogP contribution is 2.30. The number of rotatable bonds is 7. The average molecular weight is 441 g/mol. The normalized spacial score (nSPS) is 11.0. The lowest BCUT2D eigenvalue weighted by Crippen LogP contribution is -2.15. The van der Waals surface area contributed by atoms with Crippen molar-refractivity contribution in [3.63, 3.8) is 0 Å². The van der Waals surface area contributed by atoms with E-state index in [1.165, 1.54) is 26.4 Å². The van der Waals surface area contributed by atoms with E-state index in [2.05, 4.69) is 10.0 Å². The first kappa shape index (κ1) is 22.2. The summed E-state index contributed by atoms with van der Waals surface area (Å²) in [6.45, 7) is 3.62. The van der Waals surface area contributed by atoms with Crippen molar-refractivity contribution >= 4 is 27.3 Å². The molecule has 0 atom stereocenters. The summed E-state index contributed by atoms with van der Waals surface area (Å²) in [6, 6.07) is 16.4. The van der Waals surface area contributed by atoms with Gasteiger partial charge in [0.05, 0.1) is 24.8 Å². The van der Waals surface area contributed by atoms with E-state index < -0.39 is 10.0 Å². The molecule has 0 aromatic heterocycles. The minimum atomic E-state index is -3.75. The zero-order valence-electron chi connectivity index (χ0n) is 17.7. The van der Waals surface area contributed by atoms with E-state index in [-0.39, 0.29) is 10.8 Å². The number of benzene rings is 3. The third-order valence-corrected chi connectivity index (χ3v) is 6.19. The fourth-order valence-corrected chi connectivity index (χ4v) is 4.18. The largest absolute Gasteiger partial charge is 0.496 e. The summed E-state index contributed by atoms with van der Waals surface area (Å²) < 4.78 is 38.5. The molecule has 0 heterocycles. The van der Waals surface area contributed by atoms with Gasteiger partial charge in [-0.25, -0.2) is 8.42 Å². The average Bonchev–Trinajstić information content (AvgIpc) is 2.76. The van der Waals surface area contributed by atoms with Crippen LogP contribution in [0.3, 0.4) is 0 Å². The van der Waals surface area contributed by atoms with Crippen LogP contribution in [0.15, 0.2) is 65.6 Å². The standard InChI is InChI=1S/C23H24N2O5S/c1-15-10-11-18(14-20(15)25-31(27,28)19-8-6-5-7-9-19)24-23(26)17-12-21(29-3)16(2)22(13-17)30-4/h5-14,25H,1-4H3,(H,24,26). The Labute approximate surface area is 182 Å². The molecule has 8 heteroatoms. The number of carbonyl (C=O) groups is 1. The molecule has 0 saturated heterocycles. The molecule has 0 aliphatic carbocycles. The predicted octanol–water partition coefficient (Wildman–Crippen LogP) is 4.37. The van der Waals surface area contributed by atoms with Crippen molar-refractivity contribution in [2.75, 3.05) is 24.3 Å². The fraction of sp³-hybridized carbons (Fsp3) is 0.174. The fourth-order valence-electron chi connectivity index (χ4n) is 3.03. The molecule has 0 spiro atoms. The zero-order valence-corrected chi connectivity index (χ0v) is 18.5. The highest BCUT2D eigenvalue weighted by atomic mass is 32.2. The number of carbonyl (C=O) groups excluding carboxylic acids is 1. The smallest absolute Gasteiger partial charge is 0.261 e. The van der Waals surface area contributed by atoms with Crippen molar-refractivity contribution in [2.24, 2.45) is 0 Å². The Morgan fingerprint density at radius 3 is 2.06 bits per heavy atom. The molecule has 0 radical (unpaired) electrons. The van der Waals surface area contributed by atoms with E-state index in [1.807, 2.05) is 6.92 Å². The first-order valence-electron chi connectivity index (χ1n) is 9.47. The first-order chi connectivity index (χ1) is 14.7. The second kappa shape index (κ2) is 9.09. The number of hydrogen-bond acceptors (Lipinski definition) is 5. The molecule has 2 N–H and O–H groups in total. The van der Waals surface area contributed by atoms with Gasteiger partial charge in [0.2, 0.25) is 0 Å². The van der Waals surface area contributed by atoms with Crippen LogP contribution in [0.25, 0.3) is 0 Å². The lowest BCUT2D eigenvalue weighted by atomic mass is 10.1. The van der Waals surface area contributed by atoms with E-state index in [9.17, 15) is 13.2 Å². The number of ether oxygens (including phenoxy) is 2. The Balaban J connectivity index is 1.86. The highest BCUT2D eigenvalue weighted by Gasteiger charge is 2.17. The van der Waals surface area contributed by atoms with Gasteiger partial charge in [-0.15, -0.1) is 0 Å². The molecule has 0 unspecified atom stereocenters. The molecule has 3 aromatic carbocycles. The maximum atomic E-state index is 12.8. The van der Waals surface area contributed by atoms with Crippen LogP contribution < -0.4 is 19.5 Å². The summed E-state index contributed by atoms with van der Waals surface area (Å²) in [4.78, 5) is 13.0. The van der Waals surface area contributed by atoms with Crippen LogP contribution in [0.1, 0.15) is 21.5 Å².